The number of nitro benzene ring substituents is 1. The van der Waals surface area contributed by atoms with Gasteiger partial charge in [-0.25, -0.2) is 14.0 Å². The number of fused-ring (bicyclic) bond motifs is 1. The number of hydrogen-bond donors (Lipinski definition) is 2. The third kappa shape index (κ3) is 4.84. The lowest BCUT2D eigenvalue weighted by Crippen LogP contribution is -2.17. The fourth-order valence-electron chi connectivity index (χ4n) is 2.85. The van der Waals surface area contributed by atoms with Crippen molar-refractivity contribution in [3.05, 3.63) is 57.1 Å². The Kier molecular flexibility index (Phi) is 6.11. The van der Waals surface area contributed by atoms with Gasteiger partial charge >= 0.3 is 12.1 Å². The molecule has 1 aromatic heterocycles. The van der Waals surface area contributed by atoms with Crippen LogP contribution in [-0.2, 0) is 22.0 Å². The largest absolute Gasteiger partial charge is 0.480 e. The average Bonchev–Trinajstić information content (AvgIpc) is 3.39. The number of alkyl halides is 3. The minimum absolute atomic E-state index is 0.301. The first-order chi connectivity index (χ1) is 15.5. The van der Waals surface area contributed by atoms with Gasteiger partial charge in [0.05, 0.1) is 20.7 Å². The molecule has 9 nitrogen and oxygen atoms in total. The van der Waals surface area contributed by atoms with E-state index in [-0.39, 0.29) is 0 Å². The number of aliphatic carboxylic acids is 1. The summed E-state index contributed by atoms with van der Waals surface area (Å²) in [5.41, 5.74) is -1.25. The van der Waals surface area contributed by atoms with Gasteiger partial charge in [0.25, 0.3) is 5.69 Å². The summed E-state index contributed by atoms with van der Waals surface area (Å²) in [5, 5.41) is 21.3. The molecule has 15 heteroatoms. The number of thioether (sulfide) groups is 1. The Morgan fingerprint density at radius 1 is 1.27 bits per heavy atom. The van der Waals surface area contributed by atoms with E-state index >= 15 is 0 Å². The van der Waals surface area contributed by atoms with E-state index in [2.05, 4.69) is 14.7 Å². The minimum Gasteiger partial charge on any atom is -0.480 e. The highest BCUT2D eigenvalue weighted by atomic mass is 32.2. The van der Waals surface area contributed by atoms with Crippen LogP contribution in [-0.4, -0.2) is 42.0 Å². The second kappa shape index (κ2) is 8.72. The molecule has 4 rings (SSSR count). The molecule has 1 aliphatic rings. The number of halogens is 3. The molecule has 3 aromatic rings. The van der Waals surface area contributed by atoms with E-state index in [9.17, 15) is 32.3 Å². The fourth-order valence-corrected chi connectivity index (χ4v) is 5.92. The number of carbonyl (C=O) groups is 1. The zero-order valence-electron chi connectivity index (χ0n) is 16.0. The molecular formula is C18H11F3N4O5S3. The van der Waals surface area contributed by atoms with Crippen LogP contribution in [0.4, 0.5) is 24.5 Å². The summed E-state index contributed by atoms with van der Waals surface area (Å²) >= 11 is 2.51. The normalized spacial score (nSPS) is 17.1. The number of benzene rings is 2. The van der Waals surface area contributed by atoms with Crippen molar-refractivity contribution >= 4 is 66.7 Å². The Labute approximate surface area is 193 Å². The molecule has 0 saturated heterocycles. The lowest BCUT2D eigenvalue weighted by molar-refractivity contribution is -0.388. The number of rotatable bonds is 6. The van der Waals surface area contributed by atoms with Gasteiger partial charge in [0.2, 0.25) is 0 Å². The molecular weight excluding hydrogens is 505 g/mol. The molecule has 0 bridgehead atoms. The second-order valence-corrected chi connectivity index (χ2v) is 9.83. The smallest absolute Gasteiger partial charge is 0.416 e. The minimum atomic E-state index is -4.78. The maximum Gasteiger partial charge on any atom is 0.416 e. The maximum absolute atomic E-state index is 12.9. The molecule has 0 saturated carbocycles. The molecule has 33 heavy (non-hydrogen) atoms. The number of aromatic nitrogens is 1. The highest BCUT2D eigenvalue weighted by Crippen LogP contribution is 2.35. The van der Waals surface area contributed by atoms with Crippen LogP contribution in [0.25, 0.3) is 10.2 Å². The van der Waals surface area contributed by atoms with Gasteiger partial charge in [-0.15, -0.1) is 23.1 Å². The fraction of sp³-hybridized carbons (Fsp3) is 0.167. The van der Waals surface area contributed by atoms with Gasteiger partial charge in [-0.2, -0.15) is 13.2 Å². The third-order valence-electron chi connectivity index (χ3n) is 4.40. The number of thiazole rings is 1. The van der Waals surface area contributed by atoms with Gasteiger partial charge < -0.3 is 9.83 Å². The number of aliphatic imine (C=N–C) groups is 1. The summed E-state index contributed by atoms with van der Waals surface area (Å²) in [6.45, 7) is 0. The quantitative estimate of drug-likeness (QED) is 0.368. The molecule has 0 amide bonds. The van der Waals surface area contributed by atoms with Crippen LogP contribution < -0.4 is 4.72 Å². The topological polar surface area (TPSA) is 135 Å². The van der Waals surface area contributed by atoms with Crippen LogP contribution in [0.15, 0.2) is 46.3 Å². The Morgan fingerprint density at radius 3 is 2.67 bits per heavy atom. The third-order valence-corrected chi connectivity index (χ3v) is 7.78. The number of anilines is 1. The SMILES string of the molecule is O=C(O)[C@H]1CSC(c2nc3ccc(NS(=O)c4ccc(C(F)(F)F)cc4[N+](=O)[O-])cc3s2)=N1. The van der Waals surface area contributed by atoms with E-state index in [0.29, 0.717) is 43.8 Å². The highest BCUT2D eigenvalue weighted by Gasteiger charge is 2.34. The number of nitrogens with one attached hydrogen (secondary N) is 1. The summed E-state index contributed by atoms with van der Waals surface area (Å²) in [6.07, 6.45) is -4.78. The van der Waals surface area contributed by atoms with Gasteiger partial charge in [0, 0.05) is 17.5 Å². The second-order valence-electron chi connectivity index (χ2n) is 6.61. The summed E-state index contributed by atoms with van der Waals surface area (Å²) in [5.74, 6) is -0.719. The molecule has 0 radical (unpaired) electrons. The number of nitrogens with zero attached hydrogens (tertiary/aromatic N) is 3. The van der Waals surface area contributed by atoms with Crippen molar-refractivity contribution in [2.45, 2.75) is 17.1 Å². The Morgan fingerprint density at radius 2 is 2.03 bits per heavy atom. The van der Waals surface area contributed by atoms with Crippen molar-refractivity contribution in [2.75, 3.05) is 10.5 Å². The van der Waals surface area contributed by atoms with Gasteiger partial charge in [0.1, 0.15) is 14.9 Å². The first kappa shape index (κ1) is 23.1. The Bertz CT molecular complexity index is 1340. The lowest BCUT2D eigenvalue weighted by Gasteiger charge is -2.10. The van der Waals surface area contributed by atoms with Crippen LogP contribution >= 0.6 is 23.1 Å². The van der Waals surface area contributed by atoms with E-state index in [0.717, 1.165) is 6.07 Å². The predicted molar refractivity (Wildman–Crippen MR) is 118 cm³/mol. The van der Waals surface area contributed by atoms with Gasteiger partial charge in [0.15, 0.2) is 17.0 Å². The van der Waals surface area contributed by atoms with E-state index in [1.54, 1.807) is 12.1 Å². The molecule has 2 aromatic carbocycles. The maximum atomic E-state index is 12.9. The number of hydrogen-bond acceptors (Lipinski definition) is 8. The molecule has 1 unspecified atom stereocenters. The van der Waals surface area contributed by atoms with Crippen LogP contribution in [0.5, 0.6) is 0 Å². The van der Waals surface area contributed by atoms with Crippen molar-refractivity contribution in [3.8, 4) is 0 Å². The van der Waals surface area contributed by atoms with Crippen molar-refractivity contribution < 1.29 is 32.2 Å². The highest BCUT2D eigenvalue weighted by molar-refractivity contribution is 8.15. The zero-order valence-corrected chi connectivity index (χ0v) is 18.5. The summed E-state index contributed by atoms with van der Waals surface area (Å²) in [7, 11) is -2.22. The molecule has 0 aliphatic carbocycles. The van der Waals surface area contributed by atoms with Crippen LogP contribution in [0.2, 0.25) is 0 Å². The van der Waals surface area contributed by atoms with Crippen molar-refractivity contribution in [1.29, 1.82) is 0 Å². The molecule has 0 spiro atoms. The lowest BCUT2D eigenvalue weighted by atomic mass is 10.2. The van der Waals surface area contributed by atoms with Crippen LogP contribution in [0.1, 0.15) is 10.6 Å². The molecule has 2 atom stereocenters. The number of carboxylic acids is 1. The Hall–Kier alpha value is -3.04. The Balaban J connectivity index is 1.59. The van der Waals surface area contributed by atoms with Crippen LogP contribution in [0.3, 0.4) is 0 Å². The standard InChI is InChI=1S/C18H11F3N4O5S3/c19-18(20,21)8-1-4-14(12(5-8)25(28)29)33(30)24-9-2-3-10-13(6-9)32-16(22-10)15-23-11(7-31-15)17(26)27/h1-6,11,24H,7H2,(H,26,27)/t11-,33?/m1/s1. The van der Waals surface area contributed by atoms with Crippen LogP contribution in [0, 0.1) is 10.1 Å². The van der Waals surface area contributed by atoms with Gasteiger partial charge in [-0.05, 0) is 30.3 Å². The number of nitro groups is 1. The molecule has 2 N–H and O–H groups in total. The summed E-state index contributed by atoms with van der Waals surface area (Å²) in [6, 6.07) is 5.65. The predicted octanol–water partition coefficient (Wildman–Crippen LogP) is 4.30. The monoisotopic (exact) mass is 516 g/mol. The summed E-state index contributed by atoms with van der Waals surface area (Å²) < 4.78 is 54.5. The van der Waals surface area contributed by atoms with Crippen molar-refractivity contribution in [3.63, 3.8) is 0 Å². The molecule has 0 fully saturated rings. The van der Waals surface area contributed by atoms with E-state index in [1.807, 2.05) is 0 Å². The first-order valence-electron chi connectivity index (χ1n) is 8.91. The molecule has 172 valence electrons. The average molecular weight is 517 g/mol. The van der Waals surface area contributed by atoms with E-state index in [1.165, 1.54) is 29.2 Å². The number of carboxylic acid groups (broad SMARTS) is 1. The van der Waals surface area contributed by atoms with E-state index in [4.69, 9.17) is 5.11 Å². The van der Waals surface area contributed by atoms with Crippen molar-refractivity contribution in [1.82, 2.24) is 4.98 Å². The van der Waals surface area contributed by atoms with Crippen molar-refractivity contribution in [2.24, 2.45) is 4.99 Å². The van der Waals surface area contributed by atoms with E-state index < -0.39 is 50.2 Å². The summed E-state index contributed by atoms with van der Waals surface area (Å²) in [4.78, 5) is 29.4. The molecule has 1 aliphatic heterocycles. The first-order valence-corrected chi connectivity index (χ1v) is 11.9. The van der Waals surface area contributed by atoms with Gasteiger partial charge in [-0.1, -0.05) is 0 Å². The van der Waals surface area contributed by atoms with Gasteiger partial charge in [-0.3, -0.25) is 15.1 Å². The molecule has 2 heterocycles. The zero-order chi connectivity index (χ0) is 23.9.